The molecule has 21 heavy (non-hydrogen) atoms. The van der Waals surface area contributed by atoms with E-state index in [4.69, 9.17) is 9.47 Å². The Balaban J connectivity index is 1.97. The number of aryl methyl sites for hydroxylation is 1. The number of ether oxygens (including phenoxy) is 2. The fraction of sp³-hybridized carbons (Fsp3) is 0.500. The molecule has 0 bridgehead atoms. The molecular weight excluding hydrogens is 270 g/mol. The first-order valence-electron chi connectivity index (χ1n) is 7.25. The van der Waals surface area contributed by atoms with Crippen molar-refractivity contribution in [2.24, 2.45) is 0 Å². The lowest BCUT2D eigenvalue weighted by Crippen LogP contribution is -2.43. The van der Waals surface area contributed by atoms with E-state index < -0.39 is 6.04 Å². The van der Waals surface area contributed by atoms with E-state index >= 15 is 0 Å². The van der Waals surface area contributed by atoms with Crippen LogP contribution in [0.3, 0.4) is 0 Å². The summed E-state index contributed by atoms with van der Waals surface area (Å²) in [4.78, 5) is 25.4. The van der Waals surface area contributed by atoms with Crippen molar-refractivity contribution < 1.29 is 19.1 Å². The highest BCUT2D eigenvalue weighted by molar-refractivity contribution is 5.85. The summed E-state index contributed by atoms with van der Waals surface area (Å²) in [5, 5.41) is 0. The van der Waals surface area contributed by atoms with Crippen LogP contribution in [0.2, 0.25) is 0 Å². The molecule has 1 saturated heterocycles. The number of amides is 1. The van der Waals surface area contributed by atoms with Crippen LogP contribution in [-0.2, 0) is 20.7 Å². The molecule has 0 N–H and O–H groups in total. The molecule has 1 fully saturated rings. The third-order valence-corrected chi connectivity index (χ3v) is 3.75. The predicted octanol–water partition coefficient (Wildman–Crippen LogP) is 1.79. The van der Waals surface area contributed by atoms with Crippen molar-refractivity contribution in [3.63, 3.8) is 0 Å². The molecule has 1 aromatic rings. The Labute approximate surface area is 124 Å². The van der Waals surface area contributed by atoms with Crippen molar-refractivity contribution in [1.82, 2.24) is 4.90 Å². The number of carbonyl (C=O) groups excluding carboxylic acids is 2. The molecule has 1 heterocycles. The number of hydrogen-bond donors (Lipinski definition) is 0. The van der Waals surface area contributed by atoms with Gasteiger partial charge >= 0.3 is 5.97 Å². The van der Waals surface area contributed by atoms with Gasteiger partial charge in [0.1, 0.15) is 11.8 Å². The van der Waals surface area contributed by atoms with Gasteiger partial charge in [-0.2, -0.15) is 0 Å². The largest absolute Gasteiger partial charge is 0.483 e. The molecule has 0 aliphatic carbocycles. The third kappa shape index (κ3) is 3.54. The normalized spacial score (nSPS) is 17.6. The predicted molar refractivity (Wildman–Crippen MR) is 78.1 cm³/mol. The summed E-state index contributed by atoms with van der Waals surface area (Å²) in [6, 6.07) is 7.20. The molecule has 0 aromatic heterocycles. The number of para-hydroxylation sites is 1. The molecule has 0 saturated carbocycles. The topological polar surface area (TPSA) is 55.8 Å². The first-order valence-corrected chi connectivity index (χ1v) is 7.25. The van der Waals surface area contributed by atoms with E-state index in [1.54, 1.807) is 4.90 Å². The minimum Gasteiger partial charge on any atom is -0.483 e. The fourth-order valence-electron chi connectivity index (χ4n) is 2.61. The Morgan fingerprint density at radius 3 is 2.81 bits per heavy atom. The molecule has 1 aromatic carbocycles. The average Bonchev–Trinajstić information content (AvgIpc) is 3.01. The lowest BCUT2D eigenvalue weighted by molar-refractivity contribution is -0.151. The van der Waals surface area contributed by atoms with Gasteiger partial charge in [0.25, 0.3) is 5.91 Å². The standard InChI is InChI=1S/C16H21NO4/c1-3-12-7-4-5-9-14(12)21-11-15(18)17-10-6-8-13(17)16(19)20-2/h4-5,7,9,13H,3,6,8,10-11H2,1-2H3. The number of rotatable bonds is 5. The minimum atomic E-state index is -0.465. The van der Waals surface area contributed by atoms with Gasteiger partial charge in [0.15, 0.2) is 6.61 Å². The second-order valence-corrected chi connectivity index (χ2v) is 5.02. The highest BCUT2D eigenvalue weighted by Gasteiger charge is 2.34. The molecule has 2 rings (SSSR count). The Kier molecular flexibility index (Phi) is 5.20. The van der Waals surface area contributed by atoms with Crippen LogP contribution in [-0.4, -0.2) is 43.1 Å². The second-order valence-electron chi connectivity index (χ2n) is 5.02. The van der Waals surface area contributed by atoms with Crippen LogP contribution >= 0.6 is 0 Å². The molecule has 5 heteroatoms. The van der Waals surface area contributed by atoms with Crippen LogP contribution in [0.4, 0.5) is 0 Å². The molecular formula is C16H21NO4. The Morgan fingerprint density at radius 2 is 2.10 bits per heavy atom. The van der Waals surface area contributed by atoms with E-state index in [2.05, 4.69) is 0 Å². The van der Waals surface area contributed by atoms with Crippen molar-refractivity contribution in [3.8, 4) is 5.75 Å². The van der Waals surface area contributed by atoms with Crippen LogP contribution in [0, 0.1) is 0 Å². The summed E-state index contributed by atoms with van der Waals surface area (Å²) >= 11 is 0. The SMILES string of the molecule is CCc1ccccc1OCC(=O)N1CCCC1C(=O)OC. The summed E-state index contributed by atoms with van der Waals surface area (Å²) in [7, 11) is 1.34. The van der Waals surface area contributed by atoms with Gasteiger partial charge < -0.3 is 14.4 Å². The number of methoxy groups -OCH3 is 1. The molecule has 0 spiro atoms. The van der Waals surface area contributed by atoms with Crippen LogP contribution in [0.25, 0.3) is 0 Å². The lowest BCUT2D eigenvalue weighted by atomic mass is 10.1. The lowest BCUT2D eigenvalue weighted by Gasteiger charge is -2.22. The van der Waals surface area contributed by atoms with Gasteiger partial charge in [-0.25, -0.2) is 4.79 Å². The Hall–Kier alpha value is -2.04. The number of likely N-dealkylation sites (tertiary alicyclic amines) is 1. The zero-order chi connectivity index (χ0) is 15.2. The van der Waals surface area contributed by atoms with E-state index in [-0.39, 0.29) is 18.5 Å². The van der Waals surface area contributed by atoms with Crippen LogP contribution in [0.1, 0.15) is 25.3 Å². The first-order chi connectivity index (χ1) is 10.2. The highest BCUT2D eigenvalue weighted by Crippen LogP contribution is 2.21. The van der Waals surface area contributed by atoms with Crippen molar-refractivity contribution in [2.75, 3.05) is 20.3 Å². The van der Waals surface area contributed by atoms with Crippen molar-refractivity contribution in [1.29, 1.82) is 0 Å². The molecule has 1 amide bonds. The number of hydrogen-bond acceptors (Lipinski definition) is 4. The van der Waals surface area contributed by atoms with E-state index in [0.717, 1.165) is 24.2 Å². The molecule has 0 radical (unpaired) electrons. The van der Waals surface area contributed by atoms with Gasteiger partial charge in [0.05, 0.1) is 7.11 Å². The average molecular weight is 291 g/mol. The van der Waals surface area contributed by atoms with Crippen LogP contribution < -0.4 is 4.74 Å². The summed E-state index contributed by atoms with van der Waals surface area (Å²) in [6.07, 6.45) is 2.32. The Bertz CT molecular complexity index is 515. The molecule has 1 atom stereocenters. The van der Waals surface area contributed by atoms with Crippen molar-refractivity contribution in [2.45, 2.75) is 32.2 Å². The van der Waals surface area contributed by atoms with Crippen LogP contribution in [0.5, 0.6) is 5.75 Å². The summed E-state index contributed by atoms with van der Waals surface area (Å²) < 4.78 is 10.4. The van der Waals surface area contributed by atoms with Crippen LogP contribution in [0.15, 0.2) is 24.3 Å². The fourth-order valence-corrected chi connectivity index (χ4v) is 2.61. The van der Waals surface area contributed by atoms with Gasteiger partial charge in [0.2, 0.25) is 0 Å². The monoisotopic (exact) mass is 291 g/mol. The summed E-state index contributed by atoms with van der Waals surface area (Å²) in [5.41, 5.74) is 1.07. The molecule has 1 unspecified atom stereocenters. The van der Waals surface area contributed by atoms with E-state index in [1.165, 1.54) is 7.11 Å². The highest BCUT2D eigenvalue weighted by atomic mass is 16.5. The molecule has 1 aliphatic rings. The van der Waals surface area contributed by atoms with Gasteiger partial charge in [-0.1, -0.05) is 25.1 Å². The number of carbonyl (C=O) groups is 2. The number of esters is 1. The number of nitrogens with zero attached hydrogens (tertiary/aromatic N) is 1. The zero-order valence-electron chi connectivity index (χ0n) is 12.5. The number of benzene rings is 1. The maximum absolute atomic E-state index is 12.2. The van der Waals surface area contributed by atoms with E-state index in [9.17, 15) is 9.59 Å². The first kappa shape index (κ1) is 15.4. The smallest absolute Gasteiger partial charge is 0.328 e. The summed E-state index contributed by atoms with van der Waals surface area (Å²) in [6.45, 7) is 2.57. The molecule has 114 valence electrons. The Morgan fingerprint density at radius 1 is 1.33 bits per heavy atom. The van der Waals surface area contributed by atoms with Gasteiger partial charge in [-0.15, -0.1) is 0 Å². The van der Waals surface area contributed by atoms with Gasteiger partial charge in [-0.05, 0) is 30.9 Å². The quantitative estimate of drug-likeness (QED) is 0.776. The van der Waals surface area contributed by atoms with Crippen molar-refractivity contribution in [3.05, 3.63) is 29.8 Å². The zero-order valence-corrected chi connectivity index (χ0v) is 12.5. The van der Waals surface area contributed by atoms with E-state index in [1.807, 2.05) is 31.2 Å². The summed E-state index contributed by atoms with van der Waals surface area (Å²) in [5.74, 6) is 0.200. The molecule has 1 aliphatic heterocycles. The maximum atomic E-state index is 12.2. The third-order valence-electron chi connectivity index (χ3n) is 3.75. The molecule has 5 nitrogen and oxygen atoms in total. The van der Waals surface area contributed by atoms with Gasteiger partial charge in [-0.3, -0.25) is 4.79 Å². The maximum Gasteiger partial charge on any atom is 0.328 e. The van der Waals surface area contributed by atoms with E-state index in [0.29, 0.717) is 13.0 Å². The van der Waals surface area contributed by atoms with Crippen molar-refractivity contribution >= 4 is 11.9 Å². The second kappa shape index (κ2) is 7.11. The minimum absolute atomic E-state index is 0.0511. The van der Waals surface area contributed by atoms with Gasteiger partial charge in [0, 0.05) is 6.54 Å².